The fourth-order valence-corrected chi connectivity index (χ4v) is 4.20. The second kappa shape index (κ2) is 7.71. The van der Waals surface area contributed by atoms with E-state index in [9.17, 15) is 0 Å². The number of halogens is 2. The monoisotopic (exact) mass is 430 g/mol. The van der Waals surface area contributed by atoms with E-state index in [4.69, 9.17) is 23.2 Å². The highest BCUT2D eigenvalue weighted by molar-refractivity contribution is 6.31. The number of rotatable bonds is 4. The van der Waals surface area contributed by atoms with E-state index in [2.05, 4.69) is 72.2 Å². The lowest BCUT2D eigenvalue weighted by atomic mass is 10.0. The average molecular weight is 431 g/mol. The molecule has 1 aliphatic carbocycles. The predicted octanol–water partition coefficient (Wildman–Crippen LogP) is 8.36. The molecule has 0 atom stereocenters. The van der Waals surface area contributed by atoms with Crippen molar-refractivity contribution in [3.8, 4) is 11.1 Å². The van der Waals surface area contributed by atoms with Gasteiger partial charge in [0.15, 0.2) is 0 Å². The molecule has 30 heavy (non-hydrogen) atoms. The van der Waals surface area contributed by atoms with Gasteiger partial charge in [0.1, 0.15) is 0 Å². The smallest absolute Gasteiger partial charge is 0.0438 e. The lowest BCUT2D eigenvalue weighted by Crippen LogP contribution is -1.93. The van der Waals surface area contributed by atoms with Gasteiger partial charge in [0.25, 0.3) is 0 Å². The number of nitrogens with one attached hydrogen (secondary N) is 2. The van der Waals surface area contributed by atoms with Gasteiger partial charge in [0, 0.05) is 32.8 Å². The minimum atomic E-state index is 0.732. The maximum Gasteiger partial charge on any atom is 0.0438 e. The molecule has 1 aliphatic rings. The largest absolute Gasteiger partial charge is 0.356 e. The highest BCUT2D eigenvalue weighted by atomic mass is 35.5. The van der Waals surface area contributed by atoms with Crippen LogP contribution in [0.25, 0.3) is 11.1 Å². The number of fused-ring (bicyclic) bond motifs is 3. The highest BCUT2D eigenvalue weighted by Gasteiger charge is 2.20. The Morgan fingerprint density at radius 2 is 1.13 bits per heavy atom. The zero-order chi connectivity index (χ0) is 20.7. The SMILES string of the molecule is Cc1cc2c(cc1Cl)Cc1ccc(Nc3ccc(Nc4ccc(Cl)cc4)cc3)cc1-2. The molecule has 0 saturated carbocycles. The Balaban J connectivity index is 1.34. The number of hydrogen-bond donors (Lipinski definition) is 2. The highest BCUT2D eigenvalue weighted by Crippen LogP contribution is 2.40. The van der Waals surface area contributed by atoms with Crippen LogP contribution in [-0.2, 0) is 6.42 Å². The van der Waals surface area contributed by atoms with Gasteiger partial charge >= 0.3 is 0 Å². The Kier molecular flexibility index (Phi) is 4.90. The van der Waals surface area contributed by atoms with Crippen molar-refractivity contribution < 1.29 is 0 Å². The molecule has 0 aliphatic heterocycles. The number of benzene rings is 4. The maximum absolute atomic E-state index is 6.32. The van der Waals surface area contributed by atoms with Crippen LogP contribution in [0.15, 0.2) is 78.9 Å². The molecule has 0 radical (unpaired) electrons. The van der Waals surface area contributed by atoms with Crippen LogP contribution in [0.2, 0.25) is 10.0 Å². The first-order chi connectivity index (χ1) is 14.5. The number of aryl methyl sites for hydroxylation is 1. The molecule has 0 bridgehead atoms. The van der Waals surface area contributed by atoms with E-state index in [1.807, 2.05) is 24.3 Å². The van der Waals surface area contributed by atoms with E-state index < -0.39 is 0 Å². The van der Waals surface area contributed by atoms with Crippen molar-refractivity contribution in [2.75, 3.05) is 10.6 Å². The van der Waals surface area contributed by atoms with Gasteiger partial charge in [-0.1, -0.05) is 29.3 Å². The maximum atomic E-state index is 6.32. The van der Waals surface area contributed by atoms with Crippen LogP contribution in [-0.4, -0.2) is 0 Å². The summed E-state index contributed by atoms with van der Waals surface area (Å²) in [4.78, 5) is 0. The molecular formula is C26H20Cl2N2. The quantitative estimate of drug-likeness (QED) is 0.299. The fraction of sp³-hybridized carbons (Fsp3) is 0.0769. The van der Waals surface area contributed by atoms with Crippen LogP contribution < -0.4 is 10.6 Å². The lowest BCUT2D eigenvalue weighted by molar-refractivity contribution is 1.26. The summed E-state index contributed by atoms with van der Waals surface area (Å²) in [5.41, 5.74) is 10.5. The first-order valence-electron chi connectivity index (χ1n) is 9.87. The van der Waals surface area contributed by atoms with Gasteiger partial charge in [-0.05, 0) is 114 Å². The minimum absolute atomic E-state index is 0.732. The summed E-state index contributed by atoms with van der Waals surface area (Å²) >= 11 is 12.3. The summed E-state index contributed by atoms with van der Waals surface area (Å²) in [5.74, 6) is 0. The van der Waals surface area contributed by atoms with E-state index in [0.29, 0.717) is 0 Å². The van der Waals surface area contributed by atoms with E-state index in [1.165, 1.54) is 22.3 Å². The second-order valence-corrected chi connectivity index (χ2v) is 8.49. The molecule has 2 N–H and O–H groups in total. The van der Waals surface area contributed by atoms with Crippen molar-refractivity contribution in [3.63, 3.8) is 0 Å². The molecule has 0 heterocycles. The number of anilines is 4. The molecule has 148 valence electrons. The van der Waals surface area contributed by atoms with E-state index in [0.717, 1.165) is 44.8 Å². The van der Waals surface area contributed by atoms with E-state index in [1.54, 1.807) is 0 Å². The second-order valence-electron chi connectivity index (χ2n) is 7.64. The molecule has 4 heteroatoms. The normalized spacial score (nSPS) is 11.7. The summed E-state index contributed by atoms with van der Waals surface area (Å²) in [6, 6.07) is 26.8. The zero-order valence-corrected chi connectivity index (χ0v) is 18.0. The first kappa shape index (κ1) is 19.0. The van der Waals surface area contributed by atoms with Crippen molar-refractivity contribution in [3.05, 3.63) is 106 Å². The minimum Gasteiger partial charge on any atom is -0.356 e. The van der Waals surface area contributed by atoms with E-state index in [-0.39, 0.29) is 0 Å². The van der Waals surface area contributed by atoms with Crippen molar-refractivity contribution in [1.29, 1.82) is 0 Å². The Morgan fingerprint density at radius 3 is 1.80 bits per heavy atom. The van der Waals surface area contributed by atoms with Crippen LogP contribution >= 0.6 is 23.2 Å². The topological polar surface area (TPSA) is 24.1 Å². The standard InChI is InChI=1S/C26H20Cl2N2/c1-16-12-24-18(14-26(16)28)13-17-2-5-23(15-25(17)24)30-22-10-8-21(9-11-22)29-20-6-3-19(27)4-7-20/h2-12,14-15,29-30H,13H2,1H3. The Hall–Kier alpha value is -2.94. The molecule has 0 spiro atoms. The van der Waals surface area contributed by atoms with Crippen molar-refractivity contribution in [1.82, 2.24) is 0 Å². The molecule has 5 rings (SSSR count). The summed E-state index contributed by atoms with van der Waals surface area (Å²) in [6.07, 6.45) is 0.940. The number of hydrogen-bond acceptors (Lipinski definition) is 2. The lowest BCUT2D eigenvalue weighted by Gasteiger charge is -2.11. The van der Waals surface area contributed by atoms with Crippen molar-refractivity contribution >= 4 is 46.0 Å². The van der Waals surface area contributed by atoms with Crippen molar-refractivity contribution in [2.45, 2.75) is 13.3 Å². The van der Waals surface area contributed by atoms with Gasteiger partial charge < -0.3 is 10.6 Å². The summed E-state index contributed by atoms with van der Waals surface area (Å²) in [7, 11) is 0. The average Bonchev–Trinajstić information content (AvgIpc) is 3.08. The van der Waals surface area contributed by atoms with Gasteiger partial charge in [-0.15, -0.1) is 0 Å². The molecule has 0 aromatic heterocycles. The molecule has 0 amide bonds. The Labute approximate surface area is 186 Å². The third-order valence-electron chi connectivity index (χ3n) is 5.47. The molecule has 4 aromatic rings. The Bertz CT molecular complexity index is 1230. The first-order valence-corrected chi connectivity index (χ1v) is 10.6. The van der Waals surface area contributed by atoms with Gasteiger partial charge in [-0.2, -0.15) is 0 Å². The molecule has 4 aromatic carbocycles. The predicted molar refractivity (Wildman–Crippen MR) is 129 cm³/mol. The van der Waals surface area contributed by atoms with Crippen LogP contribution in [0.4, 0.5) is 22.7 Å². The third-order valence-corrected chi connectivity index (χ3v) is 6.13. The van der Waals surface area contributed by atoms with Crippen LogP contribution in [0.5, 0.6) is 0 Å². The van der Waals surface area contributed by atoms with Gasteiger partial charge in [0.05, 0.1) is 0 Å². The Morgan fingerprint density at radius 1 is 0.600 bits per heavy atom. The molecule has 2 nitrogen and oxygen atoms in total. The third kappa shape index (κ3) is 3.77. The molecule has 0 fully saturated rings. The fourth-order valence-electron chi connectivity index (χ4n) is 3.89. The summed E-state index contributed by atoms with van der Waals surface area (Å²) < 4.78 is 0. The van der Waals surface area contributed by atoms with E-state index >= 15 is 0 Å². The van der Waals surface area contributed by atoms with Gasteiger partial charge in [0.2, 0.25) is 0 Å². The molecular weight excluding hydrogens is 411 g/mol. The van der Waals surface area contributed by atoms with Crippen molar-refractivity contribution in [2.24, 2.45) is 0 Å². The zero-order valence-electron chi connectivity index (χ0n) is 16.5. The van der Waals surface area contributed by atoms with Gasteiger partial charge in [-0.3, -0.25) is 0 Å². The van der Waals surface area contributed by atoms with Crippen LogP contribution in [0.3, 0.4) is 0 Å². The molecule has 0 saturated heterocycles. The summed E-state index contributed by atoms with van der Waals surface area (Å²) in [6.45, 7) is 2.06. The molecule has 0 unspecified atom stereocenters. The van der Waals surface area contributed by atoms with Crippen LogP contribution in [0, 0.1) is 6.92 Å². The van der Waals surface area contributed by atoms with Gasteiger partial charge in [-0.25, -0.2) is 0 Å². The summed E-state index contributed by atoms with van der Waals surface area (Å²) in [5, 5.41) is 8.47. The van der Waals surface area contributed by atoms with Crippen LogP contribution in [0.1, 0.15) is 16.7 Å².